The summed E-state index contributed by atoms with van der Waals surface area (Å²) in [6.45, 7) is 3.78. The molecule has 1 atom stereocenters. The van der Waals surface area contributed by atoms with E-state index in [0.717, 1.165) is 48.8 Å². The molecule has 9 heteroatoms. The monoisotopic (exact) mass is 447 g/mol. The summed E-state index contributed by atoms with van der Waals surface area (Å²) >= 11 is 0. The van der Waals surface area contributed by atoms with Gasteiger partial charge in [0.15, 0.2) is 5.65 Å². The van der Waals surface area contributed by atoms with Gasteiger partial charge in [-0.25, -0.2) is 14.1 Å². The van der Waals surface area contributed by atoms with Crippen molar-refractivity contribution in [1.29, 1.82) is 0 Å². The van der Waals surface area contributed by atoms with Crippen LogP contribution in [0.15, 0.2) is 59.5 Å². The summed E-state index contributed by atoms with van der Waals surface area (Å²) in [5, 5.41) is 12.5. The Kier molecular flexibility index (Phi) is 5.77. The summed E-state index contributed by atoms with van der Waals surface area (Å²) < 4.78 is 16.8. The molecule has 0 saturated carbocycles. The number of aromatic nitrogens is 5. The number of fused-ring (bicyclic) bond motifs is 1. The summed E-state index contributed by atoms with van der Waals surface area (Å²) in [6, 6.07) is 13.7. The lowest BCUT2D eigenvalue weighted by Gasteiger charge is -2.37. The minimum Gasteiger partial charge on any atom is -0.368 e. The Morgan fingerprint density at radius 1 is 1.15 bits per heavy atom. The molecule has 1 N–H and O–H groups in total. The van der Waals surface area contributed by atoms with Crippen LogP contribution in [0, 0.1) is 12.7 Å². The van der Waals surface area contributed by atoms with E-state index in [2.05, 4.69) is 25.4 Å². The van der Waals surface area contributed by atoms with Crippen molar-refractivity contribution < 1.29 is 4.39 Å². The molecule has 1 aliphatic rings. The van der Waals surface area contributed by atoms with Crippen LogP contribution < -0.4 is 15.8 Å². The van der Waals surface area contributed by atoms with Crippen molar-refractivity contribution >= 4 is 17.3 Å². The molecule has 1 aliphatic heterocycles. The van der Waals surface area contributed by atoms with Crippen LogP contribution in [-0.2, 0) is 6.54 Å². The minimum atomic E-state index is -0.323. The number of nitrogens with one attached hydrogen (secondary N) is 1. The summed E-state index contributed by atoms with van der Waals surface area (Å²) in [5.74, 6) is 1.33. The van der Waals surface area contributed by atoms with Gasteiger partial charge in [0.05, 0.1) is 12.7 Å². The van der Waals surface area contributed by atoms with Crippen molar-refractivity contribution in [2.75, 3.05) is 23.3 Å². The number of halogens is 1. The highest BCUT2D eigenvalue weighted by Crippen LogP contribution is 2.23. The zero-order valence-corrected chi connectivity index (χ0v) is 18.5. The van der Waals surface area contributed by atoms with Crippen molar-refractivity contribution in [3.63, 3.8) is 0 Å². The van der Waals surface area contributed by atoms with E-state index >= 15 is 0 Å². The Morgan fingerprint density at radius 3 is 2.94 bits per heavy atom. The van der Waals surface area contributed by atoms with Crippen LogP contribution >= 0.6 is 0 Å². The molecule has 1 unspecified atom stereocenters. The van der Waals surface area contributed by atoms with Crippen LogP contribution in [0.2, 0.25) is 0 Å². The van der Waals surface area contributed by atoms with Crippen molar-refractivity contribution in [3.05, 3.63) is 82.2 Å². The van der Waals surface area contributed by atoms with Crippen LogP contribution in [-0.4, -0.2) is 43.5 Å². The van der Waals surface area contributed by atoms with Gasteiger partial charge in [0, 0.05) is 43.0 Å². The topological polar surface area (TPSA) is 80.4 Å². The lowest BCUT2D eigenvalue weighted by Crippen LogP contribution is -2.45. The molecule has 1 aromatic carbocycles. The Labute approximate surface area is 190 Å². The first-order chi connectivity index (χ1) is 16.1. The molecular weight excluding hydrogens is 421 g/mol. The van der Waals surface area contributed by atoms with Gasteiger partial charge >= 0.3 is 0 Å². The molecule has 3 aromatic heterocycles. The number of aryl methyl sites for hydroxylation is 1. The smallest absolute Gasteiger partial charge is 0.267 e. The Bertz CT molecular complexity index is 1330. The highest BCUT2D eigenvalue weighted by molar-refractivity contribution is 5.49. The van der Waals surface area contributed by atoms with E-state index in [0.29, 0.717) is 12.1 Å². The Morgan fingerprint density at radius 2 is 2.06 bits per heavy atom. The molecule has 8 nitrogen and oxygen atoms in total. The second kappa shape index (κ2) is 9.01. The number of hydrogen-bond donors (Lipinski definition) is 1. The van der Waals surface area contributed by atoms with Gasteiger partial charge in [-0.1, -0.05) is 12.1 Å². The SMILES string of the molecule is Cc1cc(NCC2CCCCN2c2ccc(=O)n(Cc3cccc(F)c3)n2)n2nccc2n1. The first-order valence-corrected chi connectivity index (χ1v) is 11.2. The quantitative estimate of drug-likeness (QED) is 0.489. The molecular formula is C24H26FN7O. The van der Waals surface area contributed by atoms with Gasteiger partial charge in [0.25, 0.3) is 5.56 Å². The summed E-state index contributed by atoms with van der Waals surface area (Å²) in [4.78, 5) is 19.2. The van der Waals surface area contributed by atoms with Gasteiger partial charge in [0.1, 0.15) is 17.5 Å². The largest absolute Gasteiger partial charge is 0.368 e. The first kappa shape index (κ1) is 21.1. The first-order valence-electron chi connectivity index (χ1n) is 11.2. The van der Waals surface area contributed by atoms with Crippen LogP contribution in [0.3, 0.4) is 0 Å². The molecule has 0 radical (unpaired) electrons. The fourth-order valence-corrected chi connectivity index (χ4v) is 4.41. The normalized spacial score (nSPS) is 16.3. The third-order valence-corrected chi connectivity index (χ3v) is 6.00. The predicted octanol–water partition coefficient (Wildman–Crippen LogP) is 3.25. The van der Waals surface area contributed by atoms with E-state index in [9.17, 15) is 9.18 Å². The fraction of sp³-hybridized carbons (Fsp3) is 0.333. The number of nitrogens with zero attached hydrogens (tertiary/aromatic N) is 6. The lowest BCUT2D eigenvalue weighted by molar-refractivity contribution is 0.462. The second-order valence-corrected chi connectivity index (χ2v) is 8.43. The highest BCUT2D eigenvalue weighted by Gasteiger charge is 2.24. The Balaban J connectivity index is 1.37. The van der Waals surface area contributed by atoms with Gasteiger partial charge < -0.3 is 10.2 Å². The summed E-state index contributed by atoms with van der Waals surface area (Å²) in [5.41, 5.74) is 2.24. The number of hydrogen-bond acceptors (Lipinski definition) is 6. The predicted molar refractivity (Wildman–Crippen MR) is 125 cm³/mol. The molecule has 33 heavy (non-hydrogen) atoms. The van der Waals surface area contributed by atoms with E-state index in [1.807, 2.05) is 19.1 Å². The minimum absolute atomic E-state index is 0.206. The third kappa shape index (κ3) is 4.57. The summed E-state index contributed by atoms with van der Waals surface area (Å²) in [7, 11) is 0. The fourth-order valence-electron chi connectivity index (χ4n) is 4.41. The Hall–Kier alpha value is -3.75. The zero-order valence-electron chi connectivity index (χ0n) is 18.5. The number of anilines is 2. The maximum Gasteiger partial charge on any atom is 0.267 e. The van der Waals surface area contributed by atoms with Gasteiger partial charge in [-0.05, 0) is 49.9 Å². The molecule has 0 amide bonds. The van der Waals surface area contributed by atoms with E-state index in [1.54, 1.807) is 35.0 Å². The summed E-state index contributed by atoms with van der Waals surface area (Å²) in [6.07, 6.45) is 4.97. The maximum atomic E-state index is 13.6. The molecule has 4 aromatic rings. The van der Waals surface area contributed by atoms with E-state index < -0.39 is 0 Å². The molecule has 0 spiro atoms. The molecule has 170 valence electrons. The number of piperidine rings is 1. The van der Waals surface area contributed by atoms with Crippen LogP contribution in [0.1, 0.15) is 30.5 Å². The lowest BCUT2D eigenvalue weighted by atomic mass is 10.0. The van der Waals surface area contributed by atoms with Crippen LogP contribution in [0.5, 0.6) is 0 Å². The molecule has 5 rings (SSSR count). The number of rotatable bonds is 6. The molecule has 0 bridgehead atoms. The van der Waals surface area contributed by atoms with Crippen LogP contribution in [0.25, 0.3) is 5.65 Å². The number of benzene rings is 1. The highest BCUT2D eigenvalue weighted by atomic mass is 19.1. The van der Waals surface area contributed by atoms with Crippen molar-refractivity contribution in [1.82, 2.24) is 24.4 Å². The van der Waals surface area contributed by atoms with Crippen molar-refractivity contribution in [2.45, 2.75) is 38.8 Å². The molecule has 1 fully saturated rings. The van der Waals surface area contributed by atoms with E-state index in [-0.39, 0.29) is 24.0 Å². The second-order valence-electron chi connectivity index (χ2n) is 8.43. The van der Waals surface area contributed by atoms with Gasteiger partial charge in [0.2, 0.25) is 0 Å². The van der Waals surface area contributed by atoms with E-state index in [4.69, 9.17) is 0 Å². The van der Waals surface area contributed by atoms with Crippen LogP contribution in [0.4, 0.5) is 16.0 Å². The third-order valence-electron chi connectivity index (χ3n) is 6.00. The van der Waals surface area contributed by atoms with E-state index in [1.165, 1.54) is 16.8 Å². The maximum absolute atomic E-state index is 13.6. The average molecular weight is 448 g/mol. The van der Waals surface area contributed by atoms with Gasteiger partial charge in [-0.3, -0.25) is 4.79 Å². The van der Waals surface area contributed by atoms with Crippen molar-refractivity contribution in [3.8, 4) is 0 Å². The van der Waals surface area contributed by atoms with Gasteiger partial charge in [-0.2, -0.15) is 14.7 Å². The average Bonchev–Trinajstić information content (AvgIpc) is 3.28. The molecule has 0 aliphatic carbocycles. The molecule has 4 heterocycles. The van der Waals surface area contributed by atoms with Crippen molar-refractivity contribution in [2.24, 2.45) is 0 Å². The molecule has 1 saturated heterocycles. The standard InChI is InChI=1S/C24H26FN7O/c1-17-13-23(32-21(28-17)10-11-27-32)26-15-20-7-2-3-12-30(20)22-8-9-24(33)31(29-22)16-18-5-4-6-19(25)14-18/h4-6,8-11,13-14,20,26H,2-3,7,12,15-16H2,1H3. The van der Waals surface area contributed by atoms with Gasteiger partial charge in [-0.15, -0.1) is 0 Å². The zero-order chi connectivity index (χ0) is 22.8.